The first-order valence-electron chi connectivity index (χ1n) is 8.03. The Bertz CT molecular complexity index is 847. The van der Waals surface area contributed by atoms with Crippen LogP contribution in [0.4, 0.5) is 0 Å². The number of hydrogen-bond acceptors (Lipinski definition) is 6. The standard InChI is InChI=1S/C20H20N2O3S/c1-23-16-6-4-15(5-7-16)19-11-20(22-13-21-19)26-12-14-8-17(24-2)10-18(9-14)25-3/h4-11,13H,12H2,1-3H3. The van der Waals surface area contributed by atoms with Gasteiger partial charge in [0.25, 0.3) is 0 Å². The lowest BCUT2D eigenvalue weighted by Gasteiger charge is -2.08. The van der Waals surface area contributed by atoms with Crippen LogP contribution in [0.5, 0.6) is 17.2 Å². The van der Waals surface area contributed by atoms with E-state index in [1.54, 1.807) is 39.4 Å². The van der Waals surface area contributed by atoms with Crippen LogP contribution in [0, 0.1) is 0 Å². The van der Waals surface area contributed by atoms with Crippen molar-refractivity contribution >= 4 is 11.8 Å². The molecular weight excluding hydrogens is 348 g/mol. The van der Waals surface area contributed by atoms with Crippen molar-refractivity contribution in [3.8, 4) is 28.5 Å². The summed E-state index contributed by atoms with van der Waals surface area (Å²) in [6.07, 6.45) is 1.59. The molecule has 0 atom stereocenters. The first kappa shape index (κ1) is 18.1. The Labute approximate surface area is 157 Å². The molecule has 0 N–H and O–H groups in total. The number of thioether (sulfide) groups is 1. The molecule has 1 aromatic heterocycles. The van der Waals surface area contributed by atoms with Crippen molar-refractivity contribution in [3.05, 3.63) is 60.4 Å². The summed E-state index contributed by atoms with van der Waals surface area (Å²) >= 11 is 1.64. The summed E-state index contributed by atoms with van der Waals surface area (Å²) in [5.41, 5.74) is 3.02. The fourth-order valence-corrected chi connectivity index (χ4v) is 3.24. The van der Waals surface area contributed by atoms with Gasteiger partial charge in [0.05, 0.1) is 27.0 Å². The van der Waals surface area contributed by atoms with Crippen molar-refractivity contribution in [2.75, 3.05) is 21.3 Å². The minimum Gasteiger partial charge on any atom is -0.497 e. The van der Waals surface area contributed by atoms with Crippen LogP contribution < -0.4 is 14.2 Å². The Kier molecular flexibility index (Phi) is 5.96. The van der Waals surface area contributed by atoms with Crippen molar-refractivity contribution in [1.29, 1.82) is 0 Å². The van der Waals surface area contributed by atoms with Gasteiger partial charge in [0.1, 0.15) is 28.6 Å². The second-order valence-corrected chi connectivity index (χ2v) is 6.48. The Morgan fingerprint density at radius 1 is 0.769 bits per heavy atom. The summed E-state index contributed by atoms with van der Waals surface area (Å²) in [6.45, 7) is 0. The number of benzene rings is 2. The zero-order valence-corrected chi connectivity index (χ0v) is 15.7. The first-order valence-corrected chi connectivity index (χ1v) is 9.01. The van der Waals surface area contributed by atoms with Crippen molar-refractivity contribution in [3.63, 3.8) is 0 Å². The van der Waals surface area contributed by atoms with Gasteiger partial charge in [0, 0.05) is 17.4 Å². The van der Waals surface area contributed by atoms with Crippen LogP contribution in [0.2, 0.25) is 0 Å². The topological polar surface area (TPSA) is 53.5 Å². The number of methoxy groups -OCH3 is 3. The van der Waals surface area contributed by atoms with Crippen LogP contribution in [-0.4, -0.2) is 31.3 Å². The van der Waals surface area contributed by atoms with E-state index in [0.29, 0.717) is 0 Å². The maximum absolute atomic E-state index is 5.32. The minimum atomic E-state index is 0.757. The highest BCUT2D eigenvalue weighted by atomic mass is 32.2. The monoisotopic (exact) mass is 368 g/mol. The van der Waals surface area contributed by atoms with E-state index in [1.807, 2.05) is 48.5 Å². The van der Waals surface area contributed by atoms with Crippen molar-refractivity contribution < 1.29 is 14.2 Å². The highest BCUT2D eigenvalue weighted by Crippen LogP contribution is 2.29. The van der Waals surface area contributed by atoms with Gasteiger partial charge in [-0.25, -0.2) is 9.97 Å². The van der Waals surface area contributed by atoms with Gasteiger partial charge in [-0.3, -0.25) is 0 Å². The highest BCUT2D eigenvalue weighted by Gasteiger charge is 2.06. The normalized spacial score (nSPS) is 10.4. The van der Waals surface area contributed by atoms with Crippen LogP contribution in [0.1, 0.15) is 5.56 Å². The predicted octanol–water partition coefficient (Wildman–Crippen LogP) is 4.46. The lowest BCUT2D eigenvalue weighted by Crippen LogP contribution is -1.92. The first-order chi connectivity index (χ1) is 12.7. The summed E-state index contributed by atoms with van der Waals surface area (Å²) in [4.78, 5) is 8.73. The van der Waals surface area contributed by atoms with Gasteiger partial charge in [-0.1, -0.05) is 0 Å². The maximum atomic E-state index is 5.32. The summed E-state index contributed by atoms with van der Waals surface area (Å²) in [5, 5.41) is 0.910. The quantitative estimate of drug-likeness (QED) is 0.453. The van der Waals surface area contributed by atoms with Gasteiger partial charge in [-0.2, -0.15) is 0 Å². The third-order valence-corrected chi connectivity index (χ3v) is 4.82. The van der Waals surface area contributed by atoms with E-state index in [0.717, 1.165) is 44.8 Å². The molecular formula is C20H20N2O3S. The molecule has 0 spiro atoms. The molecule has 0 saturated carbocycles. The van der Waals surface area contributed by atoms with Gasteiger partial charge in [-0.15, -0.1) is 11.8 Å². The zero-order chi connectivity index (χ0) is 18.4. The summed E-state index contributed by atoms with van der Waals surface area (Å²) < 4.78 is 15.8. The Morgan fingerprint density at radius 2 is 1.42 bits per heavy atom. The van der Waals surface area contributed by atoms with Crippen LogP contribution >= 0.6 is 11.8 Å². The van der Waals surface area contributed by atoms with Gasteiger partial charge in [0.2, 0.25) is 0 Å². The molecule has 2 aromatic carbocycles. The number of ether oxygens (including phenoxy) is 3. The molecule has 0 saturated heterocycles. The van der Waals surface area contributed by atoms with Gasteiger partial charge < -0.3 is 14.2 Å². The lowest BCUT2D eigenvalue weighted by molar-refractivity contribution is 0.393. The van der Waals surface area contributed by atoms with Crippen molar-refractivity contribution in [2.45, 2.75) is 10.8 Å². The van der Waals surface area contributed by atoms with E-state index < -0.39 is 0 Å². The van der Waals surface area contributed by atoms with E-state index in [2.05, 4.69) is 9.97 Å². The molecule has 6 heteroatoms. The second-order valence-electron chi connectivity index (χ2n) is 5.48. The SMILES string of the molecule is COc1ccc(-c2cc(SCc3cc(OC)cc(OC)c3)ncn2)cc1. The summed E-state index contributed by atoms with van der Waals surface area (Å²) in [7, 11) is 4.95. The smallest absolute Gasteiger partial charge is 0.122 e. The van der Waals surface area contributed by atoms with Crippen LogP contribution in [0.15, 0.2) is 59.9 Å². The van der Waals surface area contributed by atoms with Crippen LogP contribution in [-0.2, 0) is 5.75 Å². The van der Waals surface area contributed by atoms with E-state index >= 15 is 0 Å². The minimum absolute atomic E-state index is 0.757. The fourth-order valence-electron chi connectivity index (χ4n) is 2.45. The largest absolute Gasteiger partial charge is 0.497 e. The highest BCUT2D eigenvalue weighted by molar-refractivity contribution is 7.98. The molecule has 0 aliphatic heterocycles. The van der Waals surface area contributed by atoms with Crippen molar-refractivity contribution in [2.24, 2.45) is 0 Å². The number of aromatic nitrogens is 2. The van der Waals surface area contributed by atoms with Gasteiger partial charge in [-0.05, 0) is 48.0 Å². The molecule has 0 radical (unpaired) electrons. The molecule has 26 heavy (non-hydrogen) atoms. The maximum Gasteiger partial charge on any atom is 0.122 e. The molecule has 3 aromatic rings. The van der Waals surface area contributed by atoms with E-state index in [4.69, 9.17) is 14.2 Å². The molecule has 0 aliphatic rings. The Morgan fingerprint density at radius 3 is 2.04 bits per heavy atom. The predicted molar refractivity (Wildman–Crippen MR) is 103 cm³/mol. The van der Waals surface area contributed by atoms with E-state index in [-0.39, 0.29) is 0 Å². The molecule has 134 valence electrons. The Hall–Kier alpha value is -2.73. The van der Waals surface area contributed by atoms with Gasteiger partial charge >= 0.3 is 0 Å². The number of nitrogens with zero attached hydrogens (tertiary/aromatic N) is 2. The number of hydrogen-bond donors (Lipinski definition) is 0. The molecule has 0 amide bonds. The molecule has 0 fully saturated rings. The number of rotatable bonds is 7. The fraction of sp³-hybridized carbons (Fsp3) is 0.200. The zero-order valence-electron chi connectivity index (χ0n) is 14.9. The third-order valence-electron chi connectivity index (χ3n) is 3.83. The molecule has 0 unspecified atom stereocenters. The second kappa shape index (κ2) is 8.58. The third kappa shape index (κ3) is 4.46. The average molecular weight is 368 g/mol. The average Bonchev–Trinajstić information content (AvgIpc) is 2.72. The van der Waals surface area contributed by atoms with Gasteiger partial charge in [0.15, 0.2) is 0 Å². The van der Waals surface area contributed by atoms with E-state index in [1.165, 1.54) is 0 Å². The summed E-state index contributed by atoms with van der Waals surface area (Å²) in [5.74, 6) is 3.14. The summed E-state index contributed by atoms with van der Waals surface area (Å²) in [6, 6.07) is 15.7. The Balaban J connectivity index is 1.74. The lowest BCUT2D eigenvalue weighted by atomic mass is 10.1. The van der Waals surface area contributed by atoms with Crippen LogP contribution in [0.25, 0.3) is 11.3 Å². The van der Waals surface area contributed by atoms with E-state index in [9.17, 15) is 0 Å². The molecule has 1 heterocycles. The molecule has 0 bridgehead atoms. The van der Waals surface area contributed by atoms with Crippen molar-refractivity contribution in [1.82, 2.24) is 9.97 Å². The molecule has 0 aliphatic carbocycles. The van der Waals surface area contributed by atoms with Crippen LogP contribution in [0.3, 0.4) is 0 Å². The molecule has 3 rings (SSSR count). The molecule has 5 nitrogen and oxygen atoms in total.